The summed E-state index contributed by atoms with van der Waals surface area (Å²) in [5, 5.41) is 5.43. The summed E-state index contributed by atoms with van der Waals surface area (Å²) in [4.78, 5) is 23.2. The summed E-state index contributed by atoms with van der Waals surface area (Å²) in [7, 11) is 0. The number of carbonyl (C=O) groups excluding carboxylic acids is 2. The Morgan fingerprint density at radius 2 is 1.86 bits per heavy atom. The fourth-order valence-electron chi connectivity index (χ4n) is 1.58. The molecular formula is C16H22N2O3. The van der Waals surface area contributed by atoms with Crippen LogP contribution in [0.25, 0.3) is 0 Å². The molecule has 0 unspecified atom stereocenters. The van der Waals surface area contributed by atoms with Crippen molar-refractivity contribution in [3.05, 3.63) is 48.0 Å². The molecule has 0 aliphatic carbocycles. The largest absolute Gasteiger partial charge is 0.375 e. The molecule has 5 heteroatoms. The summed E-state index contributed by atoms with van der Waals surface area (Å²) in [6.07, 6.45) is 0.249. The second-order valence-corrected chi connectivity index (χ2v) is 4.73. The van der Waals surface area contributed by atoms with Crippen LogP contribution in [-0.4, -0.2) is 38.1 Å². The molecule has 114 valence electrons. The van der Waals surface area contributed by atoms with Crippen molar-refractivity contribution in [2.24, 2.45) is 0 Å². The first-order valence-electron chi connectivity index (χ1n) is 6.91. The van der Waals surface area contributed by atoms with Gasteiger partial charge in [0.05, 0.1) is 13.2 Å². The molecule has 0 aliphatic rings. The highest BCUT2D eigenvalue weighted by atomic mass is 16.5. The first-order chi connectivity index (χ1) is 10.1. The standard InChI is InChI=1S/C16H22N2O3/c1-13(2)12-21-11-10-17-15(19)8-9-18-16(20)14-6-4-3-5-7-14/h3-7H,1,8-12H2,2H3,(H,17,19)(H,18,20). The van der Waals surface area contributed by atoms with Gasteiger partial charge in [0.1, 0.15) is 0 Å². The Morgan fingerprint density at radius 1 is 1.14 bits per heavy atom. The van der Waals surface area contributed by atoms with Crippen LogP contribution in [0.2, 0.25) is 0 Å². The molecule has 0 bridgehead atoms. The van der Waals surface area contributed by atoms with Crippen LogP contribution < -0.4 is 10.6 Å². The normalized spacial score (nSPS) is 9.95. The van der Waals surface area contributed by atoms with Crippen LogP contribution >= 0.6 is 0 Å². The van der Waals surface area contributed by atoms with Gasteiger partial charge in [0.15, 0.2) is 0 Å². The number of hydrogen-bond acceptors (Lipinski definition) is 3. The van der Waals surface area contributed by atoms with E-state index in [1.54, 1.807) is 24.3 Å². The van der Waals surface area contributed by atoms with Gasteiger partial charge in [-0.3, -0.25) is 9.59 Å². The molecule has 1 aromatic carbocycles. The Hall–Kier alpha value is -2.14. The number of amides is 2. The lowest BCUT2D eigenvalue weighted by atomic mass is 10.2. The van der Waals surface area contributed by atoms with Gasteiger partial charge in [-0.15, -0.1) is 0 Å². The van der Waals surface area contributed by atoms with E-state index in [1.165, 1.54) is 0 Å². The van der Waals surface area contributed by atoms with Crippen LogP contribution in [0.4, 0.5) is 0 Å². The Morgan fingerprint density at radius 3 is 2.52 bits per heavy atom. The van der Waals surface area contributed by atoms with Gasteiger partial charge >= 0.3 is 0 Å². The molecule has 0 radical (unpaired) electrons. The van der Waals surface area contributed by atoms with Crippen LogP contribution in [0.3, 0.4) is 0 Å². The van der Waals surface area contributed by atoms with Gasteiger partial charge in [-0.25, -0.2) is 0 Å². The highest BCUT2D eigenvalue weighted by molar-refractivity contribution is 5.94. The molecule has 5 nitrogen and oxygen atoms in total. The van der Waals surface area contributed by atoms with Crippen molar-refractivity contribution < 1.29 is 14.3 Å². The topological polar surface area (TPSA) is 67.4 Å². The van der Waals surface area contributed by atoms with Crippen LogP contribution in [0.5, 0.6) is 0 Å². The zero-order valence-corrected chi connectivity index (χ0v) is 12.4. The quantitative estimate of drug-likeness (QED) is 0.535. The van der Waals surface area contributed by atoms with Crippen molar-refractivity contribution >= 4 is 11.8 Å². The van der Waals surface area contributed by atoms with E-state index in [2.05, 4.69) is 17.2 Å². The first-order valence-corrected chi connectivity index (χ1v) is 6.91. The van der Waals surface area contributed by atoms with Crippen molar-refractivity contribution in [3.63, 3.8) is 0 Å². The Bertz CT molecular complexity index is 472. The summed E-state index contributed by atoms with van der Waals surface area (Å²) in [6, 6.07) is 8.90. The average molecular weight is 290 g/mol. The minimum Gasteiger partial charge on any atom is -0.375 e. The zero-order chi connectivity index (χ0) is 15.5. The van der Waals surface area contributed by atoms with Crippen molar-refractivity contribution in [1.82, 2.24) is 10.6 Å². The zero-order valence-electron chi connectivity index (χ0n) is 12.4. The summed E-state index contributed by atoms with van der Waals surface area (Å²) < 4.78 is 5.26. The molecule has 0 aliphatic heterocycles. The maximum atomic E-state index is 11.7. The molecular weight excluding hydrogens is 268 g/mol. The van der Waals surface area contributed by atoms with Gasteiger partial charge < -0.3 is 15.4 Å². The maximum Gasteiger partial charge on any atom is 0.251 e. The number of rotatable bonds is 9. The van der Waals surface area contributed by atoms with Crippen molar-refractivity contribution in [2.75, 3.05) is 26.3 Å². The highest BCUT2D eigenvalue weighted by Gasteiger charge is 2.05. The molecule has 0 aromatic heterocycles. The van der Waals surface area contributed by atoms with E-state index >= 15 is 0 Å². The number of nitrogens with one attached hydrogen (secondary N) is 2. The van der Waals surface area contributed by atoms with E-state index in [1.807, 2.05) is 13.0 Å². The molecule has 0 saturated heterocycles. The van der Waals surface area contributed by atoms with Crippen molar-refractivity contribution in [2.45, 2.75) is 13.3 Å². The maximum absolute atomic E-state index is 11.7. The van der Waals surface area contributed by atoms with Crippen molar-refractivity contribution in [1.29, 1.82) is 0 Å². The Kier molecular flexibility index (Phi) is 7.82. The van der Waals surface area contributed by atoms with E-state index in [-0.39, 0.29) is 18.2 Å². The van der Waals surface area contributed by atoms with Crippen LogP contribution in [0.1, 0.15) is 23.7 Å². The van der Waals surface area contributed by atoms with Gasteiger partial charge in [0, 0.05) is 25.1 Å². The van der Waals surface area contributed by atoms with Crippen molar-refractivity contribution in [3.8, 4) is 0 Å². The summed E-state index contributed by atoms with van der Waals surface area (Å²) >= 11 is 0. The van der Waals surface area contributed by atoms with Crippen LogP contribution in [-0.2, 0) is 9.53 Å². The van der Waals surface area contributed by atoms with Crippen LogP contribution in [0, 0.1) is 0 Å². The molecule has 2 N–H and O–H groups in total. The van der Waals surface area contributed by atoms with E-state index in [0.717, 1.165) is 5.57 Å². The van der Waals surface area contributed by atoms with E-state index < -0.39 is 0 Å². The van der Waals surface area contributed by atoms with Gasteiger partial charge in [-0.1, -0.05) is 30.4 Å². The monoisotopic (exact) mass is 290 g/mol. The van der Waals surface area contributed by atoms with Crippen LogP contribution in [0.15, 0.2) is 42.5 Å². The number of benzene rings is 1. The summed E-state index contributed by atoms with van der Waals surface area (Å²) in [5.41, 5.74) is 1.54. The van der Waals surface area contributed by atoms with E-state index in [4.69, 9.17) is 4.74 Å². The van der Waals surface area contributed by atoms with Gasteiger partial charge in [0.2, 0.25) is 5.91 Å². The predicted octanol–water partition coefficient (Wildman–Crippen LogP) is 1.52. The Labute approximate surface area is 125 Å². The second kappa shape index (κ2) is 9.72. The SMILES string of the molecule is C=C(C)COCCNC(=O)CCNC(=O)c1ccccc1. The molecule has 0 heterocycles. The smallest absolute Gasteiger partial charge is 0.251 e. The number of carbonyl (C=O) groups is 2. The highest BCUT2D eigenvalue weighted by Crippen LogP contribution is 1.97. The third-order valence-corrected chi connectivity index (χ3v) is 2.59. The summed E-state index contributed by atoms with van der Waals surface area (Å²) in [5.74, 6) is -0.282. The molecule has 1 rings (SSSR count). The predicted molar refractivity (Wildman–Crippen MR) is 82.0 cm³/mol. The lowest BCUT2D eigenvalue weighted by Gasteiger charge is -2.07. The third-order valence-electron chi connectivity index (χ3n) is 2.59. The Balaban J connectivity index is 2.08. The minimum atomic E-state index is -0.173. The first kappa shape index (κ1) is 16.9. The van der Waals surface area contributed by atoms with E-state index in [0.29, 0.717) is 31.9 Å². The molecule has 2 amide bonds. The molecule has 21 heavy (non-hydrogen) atoms. The lowest BCUT2D eigenvalue weighted by Crippen LogP contribution is -2.32. The molecule has 0 spiro atoms. The minimum absolute atomic E-state index is 0.109. The molecule has 0 atom stereocenters. The van der Waals surface area contributed by atoms with Gasteiger partial charge in [0.25, 0.3) is 5.91 Å². The number of ether oxygens (including phenoxy) is 1. The summed E-state index contributed by atoms with van der Waals surface area (Å²) in [6.45, 7) is 7.33. The molecule has 0 saturated carbocycles. The van der Waals surface area contributed by atoms with E-state index in [9.17, 15) is 9.59 Å². The molecule has 1 aromatic rings. The fraction of sp³-hybridized carbons (Fsp3) is 0.375. The molecule has 0 fully saturated rings. The fourth-order valence-corrected chi connectivity index (χ4v) is 1.58. The average Bonchev–Trinajstić information content (AvgIpc) is 2.47. The lowest BCUT2D eigenvalue weighted by molar-refractivity contribution is -0.121. The number of hydrogen-bond donors (Lipinski definition) is 2. The second-order valence-electron chi connectivity index (χ2n) is 4.73. The third kappa shape index (κ3) is 7.89. The van der Waals surface area contributed by atoms with Gasteiger partial charge in [-0.2, -0.15) is 0 Å². The van der Waals surface area contributed by atoms with Gasteiger partial charge in [-0.05, 0) is 19.1 Å².